The van der Waals surface area contributed by atoms with E-state index in [4.69, 9.17) is 52.1 Å². The summed E-state index contributed by atoms with van der Waals surface area (Å²) in [6.07, 6.45) is -11.2. The molecule has 69 heavy (non-hydrogen) atoms. The number of benzene rings is 5. The summed E-state index contributed by atoms with van der Waals surface area (Å²) >= 11 is 1.57. The van der Waals surface area contributed by atoms with Gasteiger partial charge in [-0.15, -0.1) is 11.8 Å². The molecule has 0 unspecified atom stereocenters. The van der Waals surface area contributed by atoms with Gasteiger partial charge in [0.1, 0.15) is 43.2 Å². The molecule has 2 saturated heterocycles. The first kappa shape index (κ1) is 51.4. The largest absolute Gasteiger partial charge is 0.463 e. The van der Waals surface area contributed by atoms with Crippen molar-refractivity contribution in [2.45, 2.75) is 113 Å². The third kappa shape index (κ3) is 15.3. The summed E-state index contributed by atoms with van der Waals surface area (Å²) in [5, 5.41) is 0. The van der Waals surface area contributed by atoms with Gasteiger partial charge in [-0.3, -0.25) is 14.4 Å². The van der Waals surface area contributed by atoms with Gasteiger partial charge in [-0.1, -0.05) is 140 Å². The van der Waals surface area contributed by atoms with Gasteiger partial charge in [-0.05, 0) is 34.4 Å². The van der Waals surface area contributed by atoms with Crippen LogP contribution in [0.3, 0.4) is 0 Å². The number of hydrogen-bond donors (Lipinski definition) is 0. The van der Waals surface area contributed by atoms with Crippen LogP contribution in [0.1, 0.15) is 49.1 Å². The van der Waals surface area contributed by atoms with Gasteiger partial charge in [0.15, 0.2) is 24.8 Å². The number of carbonyl (C=O) groups excluding carboxylic acids is 3. The van der Waals surface area contributed by atoms with Crippen LogP contribution in [0.5, 0.6) is 0 Å². The highest BCUT2D eigenvalue weighted by Gasteiger charge is 2.54. The predicted octanol–water partition coefficient (Wildman–Crippen LogP) is 8.20. The quantitative estimate of drug-likeness (QED) is 0.0351. The molecule has 0 radical (unpaired) electrons. The molecular formula is C54H60O14S. The van der Waals surface area contributed by atoms with E-state index in [1.807, 2.05) is 152 Å². The van der Waals surface area contributed by atoms with Crippen LogP contribution in [0.4, 0.5) is 0 Å². The maximum atomic E-state index is 13.1. The van der Waals surface area contributed by atoms with Crippen LogP contribution in [0.2, 0.25) is 0 Å². The van der Waals surface area contributed by atoms with Crippen molar-refractivity contribution in [3.63, 3.8) is 0 Å². The van der Waals surface area contributed by atoms with E-state index < -0.39 is 85.4 Å². The number of rotatable bonds is 23. The molecule has 0 aliphatic carbocycles. The van der Waals surface area contributed by atoms with Crippen molar-refractivity contribution < 1.29 is 66.5 Å². The van der Waals surface area contributed by atoms with Gasteiger partial charge in [0.25, 0.3) is 0 Å². The molecule has 0 N–H and O–H groups in total. The highest BCUT2D eigenvalue weighted by atomic mass is 32.2. The Balaban J connectivity index is 1.25. The maximum absolute atomic E-state index is 13.1. The van der Waals surface area contributed by atoms with Gasteiger partial charge in [-0.2, -0.15) is 0 Å². The van der Waals surface area contributed by atoms with Gasteiger partial charge in [0.2, 0.25) is 0 Å². The molecule has 0 aromatic heterocycles. The molecule has 2 aliphatic rings. The molecule has 2 aliphatic heterocycles. The van der Waals surface area contributed by atoms with Crippen LogP contribution in [0.25, 0.3) is 0 Å². The smallest absolute Gasteiger partial charge is 0.303 e. The number of esters is 3. The van der Waals surface area contributed by atoms with Crippen LogP contribution in [-0.4, -0.2) is 105 Å². The fourth-order valence-corrected chi connectivity index (χ4v) is 9.13. The number of thioether (sulfide) groups is 1. The maximum Gasteiger partial charge on any atom is 0.303 e. The second kappa shape index (κ2) is 26.5. The van der Waals surface area contributed by atoms with Crippen molar-refractivity contribution >= 4 is 29.7 Å². The summed E-state index contributed by atoms with van der Waals surface area (Å²) in [6, 6.07) is 48.7. The highest BCUT2D eigenvalue weighted by Crippen LogP contribution is 2.37. The first-order valence-corrected chi connectivity index (χ1v) is 23.9. The van der Waals surface area contributed by atoms with Crippen molar-refractivity contribution in [2.75, 3.05) is 26.1 Å². The third-order valence-corrected chi connectivity index (χ3v) is 12.5. The molecule has 5 aromatic carbocycles. The minimum Gasteiger partial charge on any atom is -0.463 e. The molecule has 15 heteroatoms. The van der Waals surface area contributed by atoms with Crippen LogP contribution >= 0.6 is 11.8 Å². The van der Waals surface area contributed by atoms with Crippen molar-refractivity contribution in [3.8, 4) is 0 Å². The van der Waals surface area contributed by atoms with Crippen molar-refractivity contribution in [1.82, 2.24) is 0 Å². The Hall–Kier alpha value is -5.46. The Labute approximate surface area is 407 Å². The zero-order valence-electron chi connectivity index (χ0n) is 39.2. The van der Waals surface area contributed by atoms with Crippen LogP contribution < -0.4 is 0 Å². The Bertz CT molecular complexity index is 2290. The lowest BCUT2D eigenvalue weighted by molar-refractivity contribution is -0.347. The molecule has 2 fully saturated rings. The van der Waals surface area contributed by atoms with E-state index in [1.165, 1.54) is 27.9 Å². The molecule has 0 bridgehead atoms. The van der Waals surface area contributed by atoms with E-state index in [-0.39, 0.29) is 33.0 Å². The molecular weight excluding hydrogens is 905 g/mol. The molecule has 14 nitrogen and oxygen atoms in total. The first-order chi connectivity index (χ1) is 33.6. The predicted molar refractivity (Wildman–Crippen MR) is 254 cm³/mol. The molecule has 5 aromatic rings. The number of ether oxygens (including phenoxy) is 11. The van der Waals surface area contributed by atoms with Crippen LogP contribution in [0, 0.1) is 0 Å². The van der Waals surface area contributed by atoms with E-state index in [9.17, 15) is 14.4 Å². The summed E-state index contributed by atoms with van der Waals surface area (Å²) in [5.74, 6) is -1.55. The molecule has 0 amide bonds. The molecule has 0 spiro atoms. The lowest BCUT2D eigenvalue weighted by Crippen LogP contribution is -2.64. The van der Waals surface area contributed by atoms with Gasteiger partial charge < -0.3 is 52.1 Å². The number of hydrogen-bond acceptors (Lipinski definition) is 15. The molecule has 2 heterocycles. The summed E-state index contributed by atoms with van der Waals surface area (Å²) in [7, 11) is 1.53. The number of carbonyl (C=O) groups is 3. The standard InChI is InChI=1S/C54H60O14S/c1-36(55)59-33-45-48(64-37(2)56)50(65-38(3)57)52(66-46(42-26-16-8-17-27-42)35-69-43-28-18-9-19-29-43)54(68-45)63-34-44-47(60-30-39-20-10-5-11-21-39)49(61-31-40-22-12-6-13-23-40)51(53(58-4)67-44)62-32-41-24-14-7-15-25-41/h5-29,44-54H,30-35H2,1-4H3/t44-,45-,46-,47-,48-,49+,50+,51-,52-,53+,54+/m1/s1. The molecule has 366 valence electrons. The van der Waals surface area contributed by atoms with Crippen molar-refractivity contribution in [1.29, 1.82) is 0 Å². The first-order valence-electron chi connectivity index (χ1n) is 22.9. The average Bonchev–Trinajstić information content (AvgIpc) is 3.37. The Morgan fingerprint density at radius 2 is 0.957 bits per heavy atom. The van der Waals surface area contributed by atoms with Gasteiger partial charge >= 0.3 is 17.9 Å². The average molecular weight is 965 g/mol. The van der Waals surface area contributed by atoms with E-state index in [0.29, 0.717) is 5.75 Å². The van der Waals surface area contributed by atoms with Gasteiger partial charge in [0.05, 0.1) is 32.5 Å². The second-order valence-corrected chi connectivity index (χ2v) is 17.6. The summed E-state index contributed by atoms with van der Waals surface area (Å²) in [4.78, 5) is 39.1. The Morgan fingerprint density at radius 1 is 0.493 bits per heavy atom. The zero-order valence-corrected chi connectivity index (χ0v) is 40.0. The van der Waals surface area contributed by atoms with Crippen molar-refractivity contribution in [3.05, 3.63) is 174 Å². The van der Waals surface area contributed by atoms with E-state index in [0.717, 1.165) is 27.1 Å². The fourth-order valence-electron chi connectivity index (χ4n) is 8.17. The van der Waals surface area contributed by atoms with E-state index >= 15 is 0 Å². The third-order valence-electron chi connectivity index (χ3n) is 11.4. The lowest BCUT2D eigenvalue weighted by atomic mass is 9.96. The highest BCUT2D eigenvalue weighted by molar-refractivity contribution is 7.99. The SMILES string of the molecule is CO[C@H]1O[C@H](CO[C@H]2O[C@H](COC(C)=O)[C@@H](OC(C)=O)[C@H](OC(C)=O)[C@H]2O[C@H](CSc2ccccc2)c2ccccc2)[C@@H](OCc2ccccc2)[C@H](OCc2ccccc2)[C@H]1OCc1ccccc1. The van der Waals surface area contributed by atoms with Crippen molar-refractivity contribution in [2.24, 2.45) is 0 Å². The zero-order chi connectivity index (χ0) is 48.4. The summed E-state index contributed by atoms with van der Waals surface area (Å²) in [5.41, 5.74) is 3.60. The monoisotopic (exact) mass is 964 g/mol. The Kier molecular flexibility index (Phi) is 19.7. The molecule has 7 rings (SSSR count). The lowest BCUT2D eigenvalue weighted by Gasteiger charge is -2.47. The van der Waals surface area contributed by atoms with Gasteiger partial charge in [0, 0.05) is 38.5 Å². The number of methoxy groups -OCH3 is 1. The van der Waals surface area contributed by atoms with E-state index in [1.54, 1.807) is 11.8 Å². The molecule has 0 saturated carbocycles. The molecule has 11 atom stereocenters. The van der Waals surface area contributed by atoms with Crippen LogP contribution in [0.15, 0.2) is 157 Å². The normalized spacial score (nSPS) is 25.0. The minimum atomic E-state index is -1.34. The summed E-state index contributed by atoms with van der Waals surface area (Å²) in [6.45, 7) is 3.78. The second-order valence-electron chi connectivity index (χ2n) is 16.5. The van der Waals surface area contributed by atoms with E-state index in [2.05, 4.69) is 0 Å². The Morgan fingerprint density at radius 3 is 1.48 bits per heavy atom. The fraction of sp³-hybridized carbons (Fsp3) is 0.389. The van der Waals surface area contributed by atoms with Crippen LogP contribution in [-0.2, 0) is 86.3 Å². The summed E-state index contributed by atoms with van der Waals surface area (Å²) < 4.78 is 70.8. The van der Waals surface area contributed by atoms with Gasteiger partial charge in [-0.25, -0.2) is 0 Å². The topological polar surface area (TPSA) is 153 Å². The minimum absolute atomic E-state index is 0.187.